The molecule has 0 saturated heterocycles. The molecule has 0 unspecified atom stereocenters. The number of allylic oxidation sites excluding steroid dienone is 4. The molecule has 0 aromatic carbocycles. The Morgan fingerprint density at radius 1 is 1.40 bits per heavy atom. The van der Waals surface area contributed by atoms with Crippen molar-refractivity contribution in [2.75, 3.05) is 0 Å². The zero-order valence-electron chi connectivity index (χ0n) is 10.2. The van der Waals surface area contributed by atoms with Crippen molar-refractivity contribution in [3.8, 4) is 0 Å². The van der Waals surface area contributed by atoms with Gasteiger partial charge in [0.25, 0.3) is 0 Å². The predicted molar refractivity (Wildman–Crippen MR) is 64.7 cm³/mol. The smallest absolute Gasteiger partial charge is 0.108 e. The molecule has 0 bridgehead atoms. The lowest BCUT2D eigenvalue weighted by atomic mass is 9.79. The average Bonchev–Trinajstić information content (AvgIpc) is 2.17. The first-order valence-corrected chi connectivity index (χ1v) is 6.02. The van der Waals surface area contributed by atoms with Gasteiger partial charge in [-0.1, -0.05) is 23.8 Å². The third kappa shape index (κ3) is 4.63. The summed E-state index contributed by atoms with van der Waals surface area (Å²) in [4.78, 5) is 0. The average molecular weight is 210 g/mol. The Hall–Kier alpha value is -0.590. The van der Waals surface area contributed by atoms with E-state index in [4.69, 9.17) is 0 Å². The number of halogens is 1. The maximum absolute atomic E-state index is 13.5. The minimum absolute atomic E-state index is 0.703. The third-order valence-electron chi connectivity index (χ3n) is 3.35. The molecule has 0 spiro atoms. The molecular formula is C14H23F. The zero-order chi connectivity index (χ0) is 11.3. The second-order valence-corrected chi connectivity index (χ2v) is 5.04. The Morgan fingerprint density at radius 3 is 2.53 bits per heavy atom. The summed E-state index contributed by atoms with van der Waals surface area (Å²) in [5, 5.41) is 0. The number of rotatable bonds is 3. The van der Waals surface area contributed by atoms with Crippen molar-refractivity contribution >= 4 is 0 Å². The molecule has 0 heterocycles. The Balaban J connectivity index is 2.33. The van der Waals surface area contributed by atoms with Crippen LogP contribution < -0.4 is 0 Å². The molecule has 0 aromatic heterocycles. The Bertz CT molecular complexity index is 238. The minimum atomic E-state index is -0.890. The van der Waals surface area contributed by atoms with Crippen molar-refractivity contribution in [2.45, 2.75) is 58.5 Å². The van der Waals surface area contributed by atoms with Gasteiger partial charge in [-0.05, 0) is 58.8 Å². The van der Waals surface area contributed by atoms with Gasteiger partial charge in [0.15, 0.2) is 0 Å². The molecule has 0 radical (unpaired) electrons. The van der Waals surface area contributed by atoms with E-state index in [1.165, 1.54) is 5.57 Å². The quantitative estimate of drug-likeness (QED) is 0.586. The van der Waals surface area contributed by atoms with E-state index in [1.54, 1.807) is 6.92 Å². The van der Waals surface area contributed by atoms with Gasteiger partial charge in [-0.3, -0.25) is 0 Å². The van der Waals surface area contributed by atoms with Gasteiger partial charge in [-0.15, -0.1) is 0 Å². The van der Waals surface area contributed by atoms with E-state index in [9.17, 15) is 4.39 Å². The summed E-state index contributed by atoms with van der Waals surface area (Å²) in [7, 11) is 0. The van der Waals surface area contributed by atoms with Gasteiger partial charge < -0.3 is 0 Å². The summed E-state index contributed by atoms with van der Waals surface area (Å²) in [5.41, 5.74) is 0.435. The first-order valence-electron chi connectivity index (χ1n) is 6.02. The summed E-state index contributed by atoms with van der Waals surface area (Å²) < 4.78 is 13.5. The molecule has 1 aliphatic rings. The Labute approximate surface area is 93.3 Å². The molecule has 0 aliphatic heterocycles. The lowest BCUT2D eigenvalue weighted by Gasteiger charge is -2.30. The van der Waals surface area contributed by atoms with Gasteiger partial charge in [0.05, 0.1) is 0 Å². The molecule has 86 valence electrons. The van der Waals surface area contributed by atoms with Crippen molar-refractivity contribution in [1.29, 1.82) is 0 Å². The fraction of sp³-hybridized carbons (Fsp3) is 0.714. The van der Waals surface area contributed by atoms with Crippen LogP contribution in [0.3, 0.4) is 0 Å². The second-order valence-electron chi connectivity index (χ2n) is 5.04. The van der Waals surface area contributed by atoms with Crippen molar-refractivity contribution in [3.05, 3.63) is 23.8 Å². The molecule has 1 saturated carbocycles. The lowest BCUT2D eigenvalue weighted by Crippen LogP contribution is -2.25. The minimum Gasteiger partial charge on any atom is -0.244 e. The number of hydrogen-bond acceptors (Lipinski definition) is 0. The largest absolute Gasteiger partial charge is 0.244 e. The molecular weight excluding hydrogens is 187 g/mol. The van der Waals surface area contributed by atoms with E-state index in [2.05, 4.69) is 25.2 Å². The molecule has 1 heteroatoms. The van der Waals surface area contributed by atoms with Gasteiger partial charge in [-0.25, -0.2) is 4.39 Å². The maximum atomic E-state index is 13.5. The number of alkyl halides is 1. The molecule has 1 aliphatic carbocycles. The zero-order valence-corrected chi connectivity index (χ0v) is 10.2. The van der Waals surface area contributed by atoms with Crippen molar-refractivity contribution in [2.24, 2.45) is 5.92 Å². The Morgan fingerprint density at radius 2 is 2.00 bits per heavy atom. The number of hydrogen-bond donors (Lipinski definition) is 0. The van der Waals surface area contributed by atoms with Crippen LogP contribution >= 0.6 is 0 Å². The first kappa shape index (κ1) is 12.5. The molecule has 1 rings (SSSR count). The highest BCUT2D eigenvalue weighted by Gasteiger charge is 2.29. The maximum Gasteiger partial charge on any atom is 0.108 e. The van der Waals surface area contributed by atoms with E-state index in [0.717, 1.165) is 32.1 Å². The standard InChI is InChI=1S/C14H23F/c1-4-5-12(2)6-7-13-8-10-14(3,15)11-9-13/h4-6,13H,7-11H2,1-3H3/b5-4?,12-6-. The summed E-state index contributed by atoms with van der Waals surface area (Å²) in [6.07, 6.45) is 11.2. The predicted octanol–water partition coefficient (Wildman–Crippen LogP) is 4.82. The Kier molecular flexibility index (Phi) is 4.56. The molecule has 0 amide bonds. The van der Waals surface area contributed by atoms with Gasteiger partial charge in [0.2, 0.25) is 0 Å². The fourth-order valence-corrected chi connectivity index (χ4v) is 2.20. The van der Waals surface area contributed by atoms with Crippen LogP contribution in [-0.2, 0) is 0 Å². The van der Waals surface area contributed by atoms with E-state index < -0.39 is 5.67 Å². The van der Waals surface area contributed by atoms with Crippen molar-refractivity contribution < 1.29 is 4.39 Å². The van der Waals surface area contributed by atoms with Gasteiger partial charge in [0, 0.05) is 0 Å². The van der Waals surface area contributed by atoms with Crippen molar-refractivity contribution in [1.82, 2.24) is 0 Å². The van der Waals surface area contributed by atoms with E-state index >= 15 is 0 Å². The topological polar surface area (TPSA) is 0 Å². The summed E-state index contributed by atoms with van der Waals surface area (Å²) in [6, 6.07) is 0. The first-order chi connectivity index (χ1) is 7.03. The van der Waals surface area contributed by atoms with Crippen LogP contribution in [0.1, 0.15) is 52.9 Å². The van der Waals surface area contributed by atoms with Crippen LogP contribution in [0, 0.1) is 5.92 Å². The third-order valence-corrected chi connectivity index (χ3v) is 3.35. The van der Waals surface area contributed by atoms with Crippen molar-refractivity contribution in [3.63, 3.8) is 0 Å². The summed E-state index contributed by atoms with van der Waals surface area (Å²) in [5.74, 6) is 0.703. The monoisotopic (exact) mass is 210 g/mol. The molecule has 0 atom stereocenters. The van der Waals surface area contributed by atoms with Crippen LogP contribution in [0.4, 0.5) is 4.39 Å². The molecule has 0 aromatic rings. The SMILES string of the molecule is CC=C/C(C)=C\CC1CCC(C)(F)CC1. The summed E-state index contributed by atoms with van der Waals surface area (Å²) >= 11 is 0. The normalized spacial score (nSPS) is 33.6. The van der Waals surface area contributed by atoms with Crippen LogP contribution in [0.5, 0.6) is 0 Å². The van der Waals surface area contributed by atoms with E-state index in [-0.39, 0.29) is 0 Å². The van der Waals surface area contributed by atoms with Gasteiger partial charge >= 0.3 is 0 Å². The highest BCUT2D eigenvalue weighted by atomic mass is 19.1. The van der Waals surface area contributed by atoms with Crippen LogP contribution in [-0.4, -0.2) is 5.67 Å². The van der Waals surface area contributed by atoms with Crippen LogP contribution in [0.2, 0.25) is 0 Å². The molecule has 0 N–H and O–H groups in total. The highest BCUT2D eigenvalue weighted by molar-refractivity contribution is 5.15. The highest BCUT2D eigenvalue weighted by Crippen LogP contribution is 2.36. The molecule has 1 fully saturated rings. The van der Waals surface area contributed by atoms with Crippen LogP contribution in [0.25, 0.3) is 0 Å². The lowest BCUT2D eigenvalue weighted by molar-refractivity contribution is 0.104. The fourth-order valence-electron chi connectivity index (χ4n) is 2.20. The van der Waals surface area contributed by atoms with E-state index in [1.807, 2.05) is 6.92 Å². The molecule has 0 nitrogen and oxygen atoms in total. The summed E-state index contributed by atoms with van der Waals surface area (Å²) in [6.45, 7) is 5.90. The van der Waals surface area contributed by atoms with Crippen LogP contribution in [0.15, 0.2) is 23.8 Å². The second kappa shape index (κ2) is 5.48. The molecule has 15 heavy (non-hydrogen) atoms. The van der Waals surface area contributed by atoms with Gasteiger partial charge in [0.1, 0.15) is 5.67 Å². The van der Waals surface area contributed by atoms with Gasteiger partial charge in [-0.2, -0.15) is 0 Å². The van der Waals surface area contributed by atoms with E-state index in [0.29, 0.717) is 5.92 Å².